The van der Waals surface area contributed by atoms with Crippen LogP contribution in [0.4, 0.5) is 0 Å². The topological polar surface area (TPSA) is 29.5 Å². The molecule has 0 spiro atoms. The zero-order chi connectivity index (χ0) is 9.14. The lowest BCUT2D eigenvalue weighted by Crippen LogP contribution is -1.96. The van der Waals surface area contributed by atoms with Gasteiger partial charge in [-0.25, -0.2) is 0 Å². The Morgan fingerprint density at radius 1 is 1.42 bits per heavy atom. The van der Waals surface area contributed by atoms with Crippen LogP contribution in [0.15, 0.2) is 18.2 Å². The Kier molecular flexibility index (Phi) is 2.71. The number of aryl methyl sites for hydroxylation is 1. The Bertz CT molecular complexity index is 267. The number of rotatable bonds is 2. The van der Waals surface area contributed by atoms with E-state index in [4.69, 9.17) is 4.74 Å². The number of aliphatic hydroxyl groups is 1. The predicted octanol–water partition coefficient (Wildman–Crippen LogP) is 2.06. The highest BCUT2D eigenvalue weighted by Gasteiger charge is 2.07. The molecule has 0 aliphatic heterocycles. The Labute approximate surface area is 72.8 Å². The first-order chi connectivity index (χ1) is 5.65. The van der Waals surface area contributed by atoms with Crippen LogP contribution in [0.25, 0.3) is 0 Å². The lowest BCUT2D eigenvalue weighted by atomic mass is 10.1. The van der Waals surface area contributed by atoms with Gasteiger partial charge in [-0.2, -0.15) is 0 Å². The number of methoxy groups -OCH3 is 1. The third kappa shape index (κ3) is 1.77. The second kappa shape index (κ2) is 3.59. The number of aliphatic hydroxyl groups excluding tert-OH is 1. The van der Waals surface area contributed by atoms with Gasteiger partial charge in [-0.1, -0.05) is 11.6 Å². The van der Waals surface area contributed by atoms with Crippen LogP contribution in [0.3, 0.4) is 0 Å². The molecule has 0 aromatic heterocycles. The minimum Gasteiger partial charge on any atom is -0.496 e. The molecule has 0 radical (unpaired) electrons. The van der Waals surface area contributed by atoms with Crippen molar-refractivity contribution >= 4 is 0 Å². The van der Waals surface area contributed by atoms with Gasteiger partial charge in [0.15, 0.2) is 0 Å². The van der Waals surface area contributed by atoms with Crippen LogP contribution in [-0.2, 0) is 0 Å². The number of hydrogen-bond donors (Lipinski definition) is 1. The van der Waals surface area contributed by atoms with Gasteiger partial charge in [0.05, 0.1) is 13.2 Å². The van der Waals surface area contributed by atoms with Crippen molar-refractivity contribution in [2.75, 3.05) is 7.11 Å². The molecule has 1 aromatic rings. The minimum atomic E-state index is -0.472. The zero-order valence-electron chi connectivity index (χ0n) is 7.66. The average Bonchev–Trinajstić information content (AvgIpc) is 2.04. The van der Waals surface area contributed by atoms with Crippen LogP contribution in [0.2, 0.25) is 0 Å². The predicted molar refractivity (Wildman–Crippen MR) is 48.4 cm³/mol. The fourth-order valence-electron chi connectivity index (χ4n) is 1.18. The summed E-state index contributed by atoms with van der Waals surface area (Å²) < 4.78 is 5.10. The highest BCUT2D eigenvalue weighted by Crippen LogP contribution is 2.25. The minimum absolute atomic E-state index is 0.472. The Balaban J connectivity index is 3.12. The van der Waals surface area contributed by atoms with Gasteiger partial charge in [0.1, 0.15) is 5.75 Å². The number of benzene rings is 1. The Morgan fingerprint density at radius 3 is 2.58 bits per heavy atom. The van der Waals surface area contributed by atoms with Gasteiger partial charge in [0, 0.05) is 5.56 Å². The van der Waals surface area contributed by atoms with E-state index in [1.807, 2.05) is 25.1 Å². The molecule has 1 rings (SSSR count). The van der Waals surface area contributed by atoms with E-state index in [2.05, 4.69) is 0 Å². The van der Waals surface area contributed by atoms with Crippen molar-refractivity contribution in [2.45, 2.75) is 20.0 Å². The summed E-state index contributed by atoms with van der Waals surface area (Å²) >= 11 is 0. The van der Waals surface area contributed by atoms with Crippen LogP contribution in [-0.4, -0.2) is 12.2 Å². The molecule has 12 heavy (non-hydrogen) atoms. The molecule has 1 atom stereocenters. The molecule has 0 fully saturated rings. The quantitative estimate of drug-likeness (QED) is 0.728. The van der Waals surface area contributed by atoms with Crippen molar-refractivity contribution in [3.8, 4) is 5.75 Å². The van der Waals surface area contributed by atoms with Gasteiger partial charge in [-0.05, 0) is 26.0 Å². The molecule has 0 bridgehead atoms. The zero-order valence-corrected chi connectivity index (χ0v) is 7.66. The van der Waals surface area contributed by atoms with Crippen molar-refractivity contribution < 1.29 is 9.84 Å². The van der Waals surface area contributed by atoms with Crippen molar-refractivity contribution in [2.24, 2.45) is 0 Å². The molecule has 0 unspecified atom stereocenters. The molecule has 66 valence electrons. The van der Waals surface area contributed by atoms with Crippen LogP contribution in [0, 0.1) is 6.92 Å². The number of hydrogen-bond acceptors (Lipinski definition) is 2. The molecule has 0 aliphatic rings. The maximum Gasteiger partial charge on any atom is 0.124 e. The van der Waals surface area contributed by atoms with Crippen molar-refractivity contribution in [1.82, 2.24) is 0 Å². The summed E-state index contributed by atoms with van der Waals surface area (Å²) in [5.74, 6) is 0.746. The molecule has 0 aliphatic carbocycles. The lowest BCUT2D eigenvalue weighted by Gasteiger charge is -2.11. The van der Waals surface area contributed by atoms with Crippen LogP contribution < -0.4 is 4.74 Å². The fourth-order valence-corrected chi connectivity index (χ4v) is 1.18. The lowest BCUT2D eigenvalue weighted by molar-refractivity contribution is 0.194. The Hall–Kier alpha value is -1.02. The molecular formula is C10H14O2. The van der Waals surface area contributed by atoms with E-state index in [0.717, 1.165) is 16.9 Å². The van der Waals surface area contributed by atoms with E-state index < -0.39 is 6.10 Å². The van der Waals surface area contributed by atoms with E-state index in [1.54, 1.807) is 14.0 Å². The average molecular weight is 166 g/mol. The second-order valence-corrected chi connectivity index (χ2v) is 2.92. The van der Waals surface area contributed by atoms with E-state index in [1.165, 1.54) is 0 Å². The summed E-state index contributed by atoms with van der Waals surface area (Å²) in [5.41, 5.74) is 1.98. The first-order valence-corrected chi connectivity index (χ1v) is 3.97. The van der Waals surface area contributed by atoms with Gasteiger partial charge < -0.3 is 9.84 Å². The van der Waals surface area contributed by atoms with E-state index in [9.17, 15) is 5.11 Å². The molecule has 0 saturated heterocycles. The summed E-state index contributed by atoms with van der Waals surface area (Å²) in [5, 5.41) is 9.38. The fraction of sp³-hybridized carbons (Fsp3) is 0.400. The van der Waals surface area contributed by atoms with Gasteiger partial charge in [-0.3, -0.25) is 0 Å². The molecular weight excluding hydrogens is 152 g/mol. The maximum atomic E-state index is 9.38. The monoisotopic (exact) mass is 166 g/mol. The van der Waals surface area contributed by atoms with Gasteiger partial charge in [-0.15, -0.1) is 0 Å². The summed E-state index contributed by atoms with van der Waals surface area (Å²) in [4.78, 5) is 0. The molecule has 0 heterocycles. The van der Waals surface area contributed by atoms with Gasteiger partial charge in [0.25, 0.3) is 0 Å². The maximum absolute atomic E-state index is 9.38. The summed E-state index contributed by atoms with van der Waals surface area (Å²) in [6.07, 6.45) is -0.472. The van der Waals surface area contributed by atoms with E-state index in [-0.39, 0.29) is 0 Å². The van der Waals surface area contributed by atoms with Crippen molar-refractivity contribution in [3.63, 3.8) is 0 Å². The van der Waals surface area contributed by atoms with Crippen LogP contribution >= 0.6 is 0 Å². The molecule has 1 N–H and O–H groups in total. The normalized spacial score (nSPS) is 12.7. The smallest absolute Gasteiger partial charge is 0.124 e. The molecule has 1 aromatic carbocycles. The van der Waals surface area contributed by atoms with Crippen LogP contribution in [0.1, 0.15) is 24.2 Å². The summed E-state index contributed by atoms with van der Waals surface area (Å²) in [6, 6.07) is 5.77. The van der Waals surface area contributed by atoms with E-state index in [0.29, 0.717) is 0 Å². The van der Waals surface area contributed by atoms with Gasteiger partial charge in [0.2, 0.25) is 0 Å². The second-order valence-electron chi connectivity index (χ2n) is 2.92. The van der Waals surface area contributed by atoms with E-state index >= 15 is 0 Å². The van der Waals surface area contributed by atoms with Gasteiger partial charge >= 0.3 is 0 Å². The molecule has 2 nitrogen and oxygen atoms in total. The third-order valence-corrected chi connectivity index (χ3v) is 1.84. The highest BCUT2D eigenvalue weighted by molar-refractivity contribution is 5.37. The first-order valence-electron chi connectivity index (χ1n) is 3.97. The molecule has 2 heteroatoms. The number of ether oxygens (including phenoxy) is 1. The third-order valence-electron chi connectivity index (χ3n) is 1.84. The Morgan fingerprint density at radius 2 is 2.08 bits per heavy atom. The summed E-state index contributed by atoms with van der Waals surface area (Å²) in [6.45, 7) is 3.72. The standard InChI is InChI=1S/C10H14O2/c1-7-4-5-10(12-3)9(6-7)8(2)11/h4-6,8,11H,1-3H3/t8-/m1/s1. The molecule has 0 amide bonds. The van der Waals surface area contributed by atoms with Crippen molar-refractivity contribution in [3.05, 3.63) is 29.3 Å². The first kappa shape index (κ1) is 9.07. The summed E-state index contributed by atoms with van der Waals surface area (Å²) in [7, 11) is 1.61. The largest absolute Gasteiger partial charge is 0.496 e. The molecule has 0 saturated carbocycles. The van der Waals surface area contributed by atoms with Crippen LogP contribution in [0.5, 0.6) is 5.75 Å². The van der Waals surface area contributed by atoms with Crippen molar-refractivity contribution in [1.29, 1.82) is 0 Å². The highest BCUT2D eigenvalue weighted by atomic mass is 16.5. The SMILES string of the molecule is COc1ccc(C)cc1[C@@H](C)O.